The molecule has 4 bridgehead atoms. The average molecular weight is 642 g/mol. The van der Waals surface area contributed by atoms with Crippen LogP contribution in [0, 0.1) is 24.7 Å². The summed E-state index contributed by atoms with van der Waals surface area (Å²) in [4.78, 5) is 24.5. The molecule has 0 radical (unpaired) electrons. The highest BCUT2D eigenvalue weighted by molar-refractivity contribution is 7.92. The second-order valence-electron chi connectivity index (χ2n) is 13.1. The van der Waals surface area contributed by atoms with Gasteiger partial charge < -0.3 is 15.0 Å². The van der Waals surface area contributed by atoms with Crippen molar-refractivity contribution in [3.05, 3.63) is 65.2 Å². The van der Waals surface area contributed by atoms with Gasteiger partial charge in [-0.2, -0.15) is 18.2 Å². The molecule has 13 heteroatoms. The minimum atomic E-state index is -4.43. The predicted molar refractivity (Wildman–Crippen MR) is 160 cm³/mol. The number of carbonyl (C=O) groups excluding carboxylic acids is 1. The first-order valence-corrected chi connectivity index (χ1v) is 16.6. The Bertz CT molecular complexity index is 1760. The second-order valence-corrected chi connectivity index (χ2v) is 14.8. The number of alkyl halides is 3. The summed E-state index contributed by atoms with van der Waals surface area (Å²) in [6, 6.07) is 11.6. The molecule has 1 atom stereocenters. The lowest BCUT2D eigenvalue weighted by atomic mass is 9.61. The maximum absolute atomic E-state index is 14.4. The average Bonchev–Trinajstić information content (AvgIpc) is 3.72. The van der Waals surface area contributed by atoms with E-state index in [1.807, 2.05) is 32.0 Å². The number of fused-ring (bicyclic) bond motifs is 4. The van der Waals surface area contributed by atoms with Crippen LogP contribution >= 0.6 is 0 Å². The van der Waals surface area contributed by atoms with Crippen LogP contribution in [0.3, 0.4) is 0 Å². The molecule has 3 heterocycles. The third-order valence-corrected chi connectivity index (χ3v) is 11.2. The number of hydrogen-bond acceptors (Lipinski definition) is 7. The zero-order valence-corrected chi connectivity index (χ0v) is 25.8. The Labute approximate surface area is 259 Å². The lowest BCUT2D eigenvalue weighted by Gasteiger charge is -2.58. The third kappa shape index (κ3) is 5.33. The highest BCUT2D eigenvalue weighted by atomic mass is 32.2. The van der Waals surface area contributed by atoms with Gasteiger partial charge in [0.2, 0.25) is 11.8 Å². The Morgan fingerprint density at radius 3 is 2.33 bits per heavy atom. The fourth-order valence-electron chi connectivity index (χ4n) is 7.17. The molecule has 3 fully saturated rings. The molecule has 4 aliphatic rings. The molecule has 2 aliphatic heterocycles. The molecular weight excluding hydrogens is 607 g/mol. The van der Waals surface area contributed by atoms with E-state index in [2.05, 4.69) is 20.0 Å². The minimum absolute atomic E-state index is 0.00571. The molecule has 1 amide bonds. The van der Waals surface area contributed by atoms with Gasteiger partial charge in [0.1, 0.15) is 6.61 Å². The van der Waals surface area contributed by atoms with Gasteiger partial charge in [-0.1, -0.05) is 24.3 Å². The van der Waals surface area contributed by atoms with Gasteiger partial charge >= 0.3 is 6.18 Å². The third-order valence-electron chi connectivity index (χ3n) is 9.92. The number of halogens is 3. The van der Waals surface area contributed by atoms with Crippen LogP contribution in [0.15, 0.2) is 53.4 Å². The summed E-state index contributed by atoms with van der Waals surface area (Å²) in [7, 11) is -4.25. The maximum Gasteiger partial charge on any atom is 0.394 e. The van der Waals surface area contributed by atoms with Crippen molar-refractivity contribution in [1.82, 2.24) is 20.2 Å². The Hall–Kier alpha value is -3.71. The Morgan fingerprint density at radius 2 is 1.71 bits per heavy atom. The van der Waals surface area contributed by atoms with Crippen LogP contribution in [0.5, 0.6) is 5.88 Å². The molecular formula is C32H34F3N5O4S. The van der Waals surface area contributed by atoms with Gasteiger partial charge in [-0.25, -0.2) is 18.1 Å². The number of hydrogen-bond donors (Lipinski definition) is 2. The summed E-state index contributed by atoms with van der Waals surface area (Å²) >= 11 is 0. The molecule has 7 rings (SSSR count). The van der Waals surface area contributed by atoms with Crippen LogP contribution in [0.25, 0.3) is 11.3 Å². The SMILES string of the molecule is Cc1cccc(C)c1-c1cc2nc(n1)NS(=O)(=O)c1cccc(c1)C(=O)N(C1CC3(CNC3)C1)[C@H](CC1(C(F)(F)F)CC1)CO2. The first-order chi connectivity index (χ1) is 21.3. The fraction of sp³-hybridized carbons (Fsp3) is 0.469. The zero-order valence-electron chi connectivity index (χ0n) is 24.9. The molecule has 45 heavy (non-hydrogen) atoms. The molecule has 1 aromatic heterocycles. The number of carbonyl (C=O) groups is 1. The van der Waals surface area contributed by atoms with Crippen molar-refractivity contribution < 1.29 is 31.1 Å². The van der Waals surface area contributed by atoms with Crippen LogP contribution in [0.1, 0.15) is 53.6 Å². The number of aryl methyl sites for hydroxylation is 2. The topological polar surface area (TPSA) is 114 Å². The Kier molecular flexibility index (Phi) is 6.93. The summed E-state index contributed by atoms with van der Waals surface area (Å²) in [5, 5.41) is 3.26. The van der Waals surface area contributed by atoms with Gasteiger partial charge in [-0.05, 0) is 80.7 Å². The van der Waals surface area contributed by atoms with Crippen LogP contribution in [-0.2, 0) is 10.0 Å². The van der Waals surface area contributed by atoms with Crippen molar-refractivity contribution in [3.8, 4) is 17.1 Å². The summed E-state index contributed by atoms with van der Waals surface area (Å²) in [6.07, 6.45) is -3.48. The van der Waals surface area contributed by atoms with Crippen LogP contribution in [0.4, 0.5) is 19.1 Å². The predicted octanol–water partition coefficient (Wildman–Crippen LogP) is 5.25. The highest BCUT2D eigenvalue weighted by Crippen LogP contribution is 2.61. The van der Waals surface area contributed by atoms with Crippen molar-refractivity contribution in [2.24, 2.45) is 10.8 Å². The molecule has 3 aromatic rings. The molecule has 2 aromatic carbocycles. The van der Waals surface area contributed by atoms with Crippen LogP contribution < -0.4 is 14.8 Å². The quantitative estimate of drug-likeness (QED) is 0.400. The summed E-state index contributed by atoms with van der Waals surface area (Å²) in [6.45, 7) is 5.14. The van der Waals surface area contributed by atoms with Crippen molar-refractivity contribution in [1.29, 1.82) is 0 Å². The van der Waals surface area contributed by atoms with Gasteiger partial charge in [0, 0.05) is 36.3 Å². The largest absolute Gasteiger partial charge is 0.475 e. The Morgan fingerprint density at radius 1 is 1.02 bits per heavy atom. The molecule has 2 aliphatic carbocycles. The van der Waals surface area contributed by atoms with Crippen LogP contribution in [0.2, 0.25) is 0 Å². The molecule has 2 saturated carbocycles. The Balaban J connectivity index is 1.36. The monoisotopic (exact) mass is 641 g/mol. The van der Waals surface area contributed by atoms with Gasteiger partial charge in [0.05, 0.1) is 22.0 Å². The minimum Gasteiger partial charge on any atom is -0.475 e. The van der Waals surface area contributed by atoms with Crippen molar-refractivity contribution >= 4 is 21.9 Å². The standard InChI is InChI=1S/C32H34F3N5O4S/c1-19-5-3-6-20(2)27(19)25-12-26-38-29(37-25)39-45(42,43)24-8-4-7-21(11-24)28(41)40(22-13-30(14-22)17-36-18-30)23(16-44-26)15-31(9-10-31)32(33,34)35/h3-8,11-12,22-23,36H,9-10,13-18H2,1-2H3,(H,37,38,39)/t23-/m1/s1. The summed E-state index contributed by atoms with van der Waals surface area (Å²) < 4.78 is 78.8. The number of nitrogens with one attached hydrogen (secondary N) is 2. The zero-order chi connectivity index (χ0) is 31.8. The molecule has 9 nitrogen and oxygen atoms in total. The number of sulfonamides is 1. The molecule has 1 spiro atoms. The molecule has 238 valence electrons. The number of ether oxygens (including phenoxy) is 1. The van der Waals surface area contributed by atoms with E-state index >= 15 is 0 Å². The van der Waals surface area contributed by atoms with Crippen LogP contribution in [-0.4, -0.2) is 67.1 Å². The number of rotatable bonds is 4. The number of nitrogens with zero attached hydrogens (tertiary/aromatic N) is 3. The van der Waals surface area contributed by atoms with E-state index in [0.717, 1.165) is 29.8 Å². The highest BCUT2D eigenvalue weighted by Gasteiger charge is 2.64. The summed E-state index contributed by atoms with van der Waals surface area (Å²) in [5.74, 6) is -0.769. The van der Waals surface area contributed by atoms with E-state index in [4.69, 9.17) is 4.74 Å². The van der Waals surface area contributed by atoms with E-state index < -0.39 is 33.6 Å². The van der Waals surface area contributed by atoms with Crippen molar-refractivity contribution in [3.63, 3.8) is 0 Å². The van der Waals surface area contributed by atoms with E-state index in [1.165, 1.54) is 24.3 Å². The van der Waals surface area contributed by atoms with E-state index in [9.17, 15) is 26.4 Å². The number of benzene rings is 2. The first kappa shape index (κ1) is 30.0. The maximum atomic E-state index is 14.4. The van der Waals surface area contributed by atoms with Gasteiger partial charge in [0.15, 0.2) is 0 Å². The van der Waals surface area contributed by atoms with E-state index in [1.54, 1.807) is 11.0 Å². The van der Waals surface area contributed by atoms with Gasteiger partial charge in [0.25, 0.3) is 15.9 Å². The first-order valence-electron chi connectivity index (χ1n) is 15.1. The van der Waals surface area contributed by atoms with Crippen molar-refractivity contribution in [2.45, 2.75) is 69.1 Å². The lowest BCUT2D eigenvalue weighted by molar-refractivity contribution is -0.194. The number of aromatic nitrogens is 2. The molecule has 0 unspecified atom stereocenters. The molecule has 2 N–H and O–H groups in total. The smallest absolute Gasteiger partial charge is 0.394 e. The lowest BCUT2D eigenvalue weighted by Crippen LogP contribution is -2.67. The van der Waals surface area contributed by atoms with E-state index in [0.29, 0.717) is 18.5 Å². The van der Waals surface area contributed by atoms with Gasteiger partial charge in [-0.3, -0.25) is 4.79 Å². The number of anilines is 1. The van der Waals surface area contributed by atoms with Crippen molar-refractivity contribution in [2.75, 3.05) is 24.4 Å². The van der Waals surface area contributed by atoms with Gasteiger partial charge in [-0.15, -0.1) is 0 Å². The molecule has 1 saturated heterocycles. The summed E-state index contributed by atoms with van der Waals surface area (Å²) in [5.41, 5.74) is 1.13. The van der Waals surface area contributed by atoms with E-state index in [-0.39, 0.29) is 59.6 Å². The second kappa shape index (κ2) is 10.4. The fourth-order valence-corrected chi connectivity index (χ4v) is 8.16. The normalized spacial score (nSPS) is 23.4. The number of amides is 1.